The Kier molecular flexibility index (Phi) is 4.04. The second kappa shape index (κ2) is 6.65. The van der Waals surface area contributed by atoms with Gasteiger partial charge in [0.05, 0.1) is 42.0 Å². The second-order valence-corrected chi connectivity index (χ2v) is 6.01. The van der Waals surface area contributed by atoms with Crippen molar-refractivity contribution in [3.63, 3.8) is 0 Å². The fourth-order valence-corrected chi connectivity index (χ4v) is 2.86. The van der Waals surface area contributed by atoms with E-state index in [9.17, 15) is 0 Å². The van der Waals surface area contributed by atoms with Gasteiger partial charge in [0.2, 0.25) is 0 Å². The molecule has 0 unspecified atom stereocenters. The van der Waals surface area contributed by atoms with Crippen molar-refractivity contribution >= 4 is 11.3 Å². The molecule has 0 N–H and O–H groups in total. The molecule has 0 spiro atoms. The number of hydrogen-bond donors (Lipinski definition) is 0. The van der Waals surface area contributed by atoms with Crippen LogP contribution in [0.2, 0.25) is 0 Å². The minimum Gasteiger partial charge on any atom is -0.369 e. The number of pyridine rings is 1. The predicted octanol–water partition coefficient (Wildman–Crippen LogP) is 3.30. The molecule has 0 radical (unpaired) electrons. The number of anilines is 1. The van der Waals surface area contributed by atoms with Crippen LogP contribution in [0.1, 0.15) is 11.3 Å². The van der Waals surface area contributed by atoms with Gasteiger partial charge in [-0.25, -0.2) is 4.98 Å². The molecule has 6 heteroatoms. The lowest BCUT2D eigenvalue weighted by atomic mass is 10.2. The molecule has 0 bridgehead atoms. The molecule has 0 aliphatic carbocycles. The van der Waals surface area contributed by atoms with Gasteiger partial charge in [0, 0.05) is 36.9 Å². The first-order valence-electron chi connectivity index (χ1n) is 8.18. The van der Waals surface area contributed by atoms with Crippen molar-refractivity contribution in [1.82, 2.24) is 19.4 Å². The molecule has 0 amide bonds. The summed E-state index contributed by atoms with van der Waals surface area (Å²) in [5, 5.41) is 8.92. The van der Waals surface area contributed by atoms with Crippen LogP contribution < -0.4 is 4.90 Å². The van der Waals surface area contributed by atoms with E-state index >= 15 is 0 Å². The van der Waals surface area contributed by atoms with E-state index in [1.54, 1.807) is 12.4 Å². The normalized spacial score (nSPS) is 10.6. The SMILES string of the molecule is CN(Cc1cn2c(-c3cccnc3)cnc2cn1)c1ccc(C#N)cc1. The third kappa shape index (κ3) is 2.98. The maximum absolute atomic E-state index is 8.92. The number of nitriles is 1. The van der Waals surface area contributed by atoms with Crippen LogP contribution in [0.25, 0.3) is 16.9 Å². The highest BCUT2D eigenvalue weighted by atomic mass is 15.1. The van der Waals surface area contributed by atoms with Crippen molar-refractivity contribution in [2.24, 2.45) is 0 Å². The van der Waals surface area contributed by atoms with E-state index in [1.165, 1.54) is 0 Å². The van der Waals surface area contributed by atoms with Crippen molar-refractivity contribution in [3.8, 4) is 17.3 Å². The highest BCUT2D eigenvalue weighted by Gasteiger charge is 2.09. The monoisotopic (exact) mass is 340 g/mol. The number of rotatable bonds is 4. The number of fused-ring (bicyclic) bond motifs is 1. The summed E-state index contributed by atoms with van der Waals surface area (Å²) in [5.74, 6) is 0. The van der Waals surface area contributed by atoms with Crippen molar-refractivity contribution in [2.45, 2.75) is 6.54 Å². The molecule has 3 heterocycles. The minimum atomic E-state index is 0.645. The van der Waals surface area contributed by atoms with Crippen LogP contribution in [0, 0.1) is 11.3 Å². The van der Waals surface area contributed by atoms with Crippen molar-refractivity contribution in [3.05, 3.63) is 78.6 Å². The summed E-state index contributed by atoms with van der Waals surface area (Å²) >= 11 is 0. The first kappa shape index (κ1) is 15.8. The average molecular weight is 340 g/mol. The van der Waals surface area contributed by atoms with Crippen LogP contribution in [0.5, 0.6) is 0 Å². The van der Waals surface area contributed by atoms with E-state index < -0.39 is 0 Å². The van der Waals surface area contributed by atoms with Crippen molar-refractivity contribution < 1.29 is 0 Å². The zero-order valence-electron chi connectivity index (χ0n) is 14.2. The van der Waals surface area contributed by atoms with Crippen LogP contribution in [-0.4, -0.2) is 26.4 Å². The Bertz CT molecular complexity index is 1080. The molecule has 126 valence electrons. The molecular formula is C20H16N6. The van der Waals surface area contributed by atoms with E-state index in [0.29, 0.717) is 12.1 Å². The standard InChI is InChI=1S/C20H16N6/c1-25(18-6-4-15(9-21)5-7-18)13-17-14-26-19(11-24-20(26)12-23-17)16-3-2-8-22-10-16/h2-8,10-12,14H,13H2,1H3. The summed E-state index contributed by atoms with van der Waals surface area (Å²) in [5.41, 5.74) is 5.40. The number of benzene rings is 1. The summed E-state index contributed by atoms with van der Waals surface area (Å²) in [6.45, 7) is 0.645. The van der Waals surface area contributed by atoms with E-state index in [-0.39, 0.29) is 0 Å². The number of nitrogens with zero attached hydrogens (tertiary/aromatic N) is 6. The van der Waals surface area contributed by atoms with Gasteiger partial charge in [-0.1, -0.05) is 0 Å². The fourth-order valence-electron chi connectivity index (χ4n) is 2.86. The maximum Gasteiger partial charge on any atom is 0.155 e. The molecule has 6 nitrogen and oxygen atoms in total. The van der Waals surface area contributed by atoms with Crippen molar-refractivity contribution in [2.75, 3.05) is 11.9 Å². The van der Waals surface area contributed by atoms with Crippen LogP contribution in [0.15, 0.2) is 67.4 Å². The lowest BCUT2D eigenvalue weighted by Crippen LogP contribution is -2.17. The smallest absolute Gasteiger partial charge is 0.155 e. The summed E-state index contributed by atoms with van der Waals surface area (Å²) in [6.07, 6.45) is 9.20. The van der Waals surface area contributed by atoms with Gasteiger partial charge in [0.25, 0.3) is 0 Å². The molecule has 1 aromatic carbocycles. The highest BCUT2D eigenvalue weighted by molar-refractivity contribution is 5.62. The van der Waals surface area contributed by atoms with E-state index in [0.717, 1.165) is 28.3 Å². The molecule has 0 fully saturated rings. The zero-order chi connectivity index (χ0) is 17.9. The molecule has 0 saturated carbocycles. The Labute approximate surface area is 151 Å². The summed E-state index contributed by atoms with van der Waals surface area (Å²) < 4.78 is 2.03. The Hall–Kier alpha value is -3.72. The topological polar surface area (TPSA) is 70.1 Å². The molecule has 0 aliphatic rings. The Morgan fingerprint density at radius 1 is 1.08 bits per heavy atom. The Morgan fingerprint density at radius 2 is 1.92 bits per heavy atom. The molecular weight excluding hydrogens is 324 g/mol. The van der Waals surface area contributed by atoms with Crippen LogP contribution in [0.3, 0.4) is 0 Å². The van der Waals surface area contributed by atoms with Gasteiger partial charge in [-0.3, -0.25) is 14.4 Å². The minimum absolute atomic E-state index is 0.645. The molecule has 0 atom stereocenters. The Balaban J connectivity index is 1.63. The molecule has 26 heavy (non-hydrogen) atoms. The molecule has 4 aromatic rings. The fraction of sp³-hybridized carbons (Fsp3) is 0.100. The van der Waals surface area contributed by atoms with Gasteiger partial charge in [-0.05, 0) is 36.4 Å². The van der Waals surface area contributed by atoms with E-state index in [2.05, 4.69) is 25.9 Å². The van der Waals surface area contributed by atoms with Gasteiger partial charge >= 0.3 is 0 Å². The quantitative estimate of drug-likeness (QED) is 0.570. The molecule has 4 rings (SSSR count). The number of aromatic nitrogens is 4. The van der Waals surface area contributed by atoms with Gasteiger partial charge in [0.15, 0.2) is 5.65 Å². The second-order valence-electron chi connectivity index (χ2n) is 6.01. The third-order valence-electron chi connectivity index (χ3n) is 4.24. The van der Waals surface area contributed by atoms with Gasteiger partial charge in [0.1, 0.15) is 0 Å². The van der Waals surface area contributed by atoms with Gasteiger partial charge < -0.3 is 4.90 Å². The largest absolute Gasteiger partial charge is 0.369 e. The van der Waals surface area contributed by atoms with E-state index in [1.807, 2.05) is 66.4 Å². The summed E-state index contributed by atoms with van der Waals surface area (Å²) in [4.78, 5) is 15.2. The number of hydrogen-bond acceptors (Lipinski definition) is 5. The van der Waals surface area contributed by atoms with Crippen LogP contribution in [-0.2, 0) is 6.54 Å². The molecule has 0 aliphatic heterocycles. The molecule has 0 saturated heterocycles. The van der Waals surface area contributed by atoms with Gasteiger partial charge in [-0.15, -0.1) is 0 Å². The summed E-state index contributed by atoms with van der Waals surface area (Å²) in [7, 11) is 2.00. The zero-order valence-corrected chi connectivity index (χ0v) is 14.2. The first-order chi connectivity index (χ1) is 12.7. The lowest BCUT2D eigenvalue weighted by Gasteiger charge is -2.19. The Morgan fingerprint density at radius 3 is 2.65 bits per heavy atom. The van der Waals surface area contributed by atoms with Crippen LogP contribution >= 0.6 is 0 Å². The van der Waals surface area contributed by atoms with E-state index in [4.69, 9.17) is 5.26 Å². The first-order valence-corrected chi connectivity index (χ1v) is 8.18. The molecule has 3 aromatic heterocycles. The third-order valence-corrected chi connectivity index (χ3v) is 4.24. The van der Waals surface area contributed by atoms with Crippen molar-refractivity contribution in [1.29, 1.82) is 5.26 Å². The summed E-state index contributed by atoms with van der Waals surface area (Å²) in [6, 6.07) is 13.6. The average Bonchev–Trinajstić information content (AvgIpc) is 3.12. The lowest BCUT2D eigenvalue weighted by molar-refractivity contribution is 0.869. The van der Waals surface area contributed by atoms with Crippen LogP contribution in [0.4, 0.5) is 5.69 Å². The predicted molar refractivity (Wildman–Crippen MR) is 99.5 cm³/mol. The highest BCUT2D eigenvalue weighted by Crippen LogP contribution is 2.21. The van der Waals surface area contributed by atoms with Gasteiger partial charge in [-0.2, -0.15) is 5.26 Å². The number of imidazole rings is 1. The maximum atomic E-state index is 8.92.